The highest BCUT2D eigenvalue weighted by Crippen LogP contribution is 2.48. The lowest BCUT2D eigenvalue weighted by atomic mass is 9.99. The first kappa shape index (κ1) is 17.5. The summed E-state index contributed by atoms with van der Waals surface area (Å²) < 4.78 is 2.32. The quantitative estimate of drug-likeness (QED) is 0.652. The van der Waals surface area contributed by atoms with Crippen LogP contribution in [0, 0.1) is 0 Å². The van der Waals surface area contributed by atoms with Crippen molar-refractivity contribution in [1.82, 2.24) is 19.4 Å². The first-order valence-electron chi connectivity index (χ1n) is 9.80. The number of hydrogen-bond donors (Lipinski definition) is 0. The van der Waals surface area contributed by atoms with Gasteiger partial charge >= 0.3 is 0 Å². The molecule has 0 radical (unpaired) electrons. The van der Waals surface area contributed by atoms with Crippen molar-refractivity contribution in [2.45, 2.75) is 38.0 Å². The van der Waals surface area contributed by atoms with Gasteiger partial charge in [-0.15, -0.1) is 0 Å². The summed E-state index contributed by atoms with van der Waals surface area (Å²) in [6.07, 6.45) is 7.00. The molecule has 0 aromatic carbocycles. The predicted octanol–water partition coefficient (Wildman–Crippen LogP) is 4.31. The Labute approximate surface area is 169 Å². The van der Waals surface area contributed by atoms with E-state index in [1.807, 2.05) is 42.4 Å². The standard InChI is InChI=1S/C22H23N5S/c1-2-17-15-28-22-25-20(18-9-4-6-12-24-18)21(27(17)22)19-10-7-13-26(19)14-16-8-3-5-11-23-16/h3-13,17,20-21H,2,14-15H2,1H3/t17-,20+,21+/m1/s1. The monoisotopic (exact) mass is 389 g/mol. The van der Waals surface area contributed by atoms with E-state index in [-0.39, 0.29) is 12.1 Å². The average molecular weight is 390 g/mol. The number of thioether (sulfide) groups is 1. The minimum Gasteiger partial charge on any atom is -0.344 e. The second-order valence-electron chi connectivity index (χ2n) is 7.22. The highest BCUT2D eigenvalue weighted by atomic mass is 32.2. The zero-order valence-corrected chi connectivity index (χ0v) is 16.7. The highest BCUT2D eigenvalue weighted by molar-refractivity contribution is 8.14. The third-order valence-electron chi connectivity index (χ3n) is 5.56. The van der Waals surface area contributed by atoms with Crippen molar-refractivity contribution in [2.75, 3.05) is 5.75 Å². The molecule has 0 N–H and O–H groups in total. The normalized spacial score (nSPS) is 23.7. The van der Waals surface area contributed by atoms with Crippen LogP contribution in [-0.4, -0.2) is 36.4 Å². The molecule has 0 aliphatic carbocycles. The minimum absolute atomic E-state index is 0.0235. The summed E-state index contributed by atoms with van der Waals surface area (Å²) in [6, 6.07) is 17.3. The number of aliphatic imine (C=N–C) groups is 1. The van der Waals surface area contributed by atoms with E-state index in [4.69, 9.17) is 4.99 Å². The summed E-state index contributed by atoms with van der Waals surface area (Å²) in [7, 11) is 0. The van der Waals surface area contributed by atoms with E-state index in [1.54, 1.807) is 0 Å². The Kier molecular flexibility index (Phi) is 4.64. The fourth-order valence-electron chi connectivity index (χ4n) is 4.18. The third kappa shape index (κ3) is 3.02. The predicted molar refractivity (Wildman–Crippen MR) is 113 cm³/mol. The van der Waals surface area contributed by atoms with Crippen molar-refractivity contribution in [3.8, 4) is 0 Å². The molecular formula is C22H23N5S. The number of pyridine rings is 2. The van der Waals surface area contributed by atoms with Crippen LogP contribution in [-0.2, 0) is 6.54 Å². The summed E-state index contributed by atoms with van der Waals surface area (Å²) in [6.45, 7) is 3.04. The largest absolute Gasteiger partial charge is 0.344 e. The van der Waals surface area contributed by atoms with E-state index in [1.165, 1.54) is 5.69 Å². The maximum atomic E-state index is 5.12. The van der Waals surface area contributed by atoms with Crippen molar-refractivity contribution in [2.24, 2.45) is 4.99 Å². The van der Waals surface area contributed by atoms with Gasteiger partial charge in [-0.25, -0.2) is 0 Å². The van der Waals surface area contributed by atoms with Gasteiger partial charge in [0.15, 0.2) is 5.17 Å². The molecule has 2 aliphatic rings. The van der Waals surface area contributed by atoms with Crippen molar-refractivity contribution < 1.29 is 0 Å². The van der Waals surface area contributed by atoms with Gasteiger partial charge < -0.3 is 9.47 Å². The number of aromatic nitrogens is 3. The molecule has 6 heteroatoms. The molecule has 3 aromatic rings. The number of rotatable bonds is 5. The molecule has 3 atom stereocenters. The van der Waals surface area contributed by atoms with Crippen LogP contribution in [0.5, 0.6) is 0 Å². The molecule has 0 bridgehead atoms. The zero-order chi connectivity index (χ0) is 18.9. The Morgan fingerprint density at radius 1 is 1.04 bits per heavy atom. The lowest BCUT2D eigenvalue weighted by Gasteiger charge is -2.32. The van der Waals surface area contributed by atoms with Gasteiger partial charge in [-0.1, -0.05) is 30.8 Å². The van der Waals surface area contributed by atoms with Gasteiger partial charge in [0.1, 0.15) is 6.04 Å². The molecule has 5 nitrogen and oxygen atoms in total. The van der Waals surface area contributed by atoms with Crippen LogP contribution in [0.4, 0.5) is 0 Å². The van der Waals surface area contributed by atoms with E-state index < -0.39 is 0 Å². The Balaban J connectivity index is 1.55. The molecule has 1 saturated heterocycles. The summed E-state index contributed by atoms with van der Waals surface area (Å²) in [5.41, 5.74) is 3.38. The lowest BCUT2D eigenvalue weighted by Crippen LogP contribution is -2.36. The maximum absolute atomic E-state index is 5.12. The molecule has 0 saturated carbocycles. The van der Waals surface area contributed by atoms with Crippen LogP contribution >= 0.6 is 11.8 Å². The van der Waals surface area contributed by atoms with E-state index in [9.17, 15) is 0 Å². The molecule has 0 amide bonds. The van der Waals surface area contributed by atoms with Gasteiger partial charge in [-0.05, 0) is 42.8 Å². The molecule has 0 unspecified atom stereocenters. The van der Waals surface area contributed by atoms with Crippen molar-refractivity contribution in [1.29, 1.82) is 0 Å². The second kappa shape index (κ2) is 7.43. The summed E-state index contributed by atoms with van der Waals surface area (Å²) in [5.74, 6) is 1.11. The highest BCUT2D eigenvalue weighted by Gasteiger charge is 2.46. The van der Waals surface area contributed by atoms with Crippen LogP contribution < -0.4 is 0 Å². The Morgan fingerprint density at radius 2 is 1.89 bits per heavy atom. The zero-order valence-electron chi connectivity index (χ0n) is 15.8. The maximum Gasteiger partial charge on any atom is 0.160 e. The van der Waals surface area contributed by atoms with Crippen molar-refractivity contribution in [3.63, 3.8) is 0 Å². The van der Waals surface area contributed by atoms with Gasteiger partial charge in [0.25, 0.3) is 0 Å². The van der Waals surface area contributed by atoms with Gasteiger partial charge in [-0.3, -0.25) is 15.0 Å². The molecule has 5 heterocycles. The average Bonchev–Trinajstić information content (AvgIpc) is 3.44. The third-order valence-corrected chi connectivity index (χ3v) is 6.68. The van der Waals surface area contributed by atoms with Gasteiger partial charge in [-0.2, -0.15) is 0 Å². The van der Waals surface area contributed by atoms with E-state index in [0.717, 1.165) is 35.3 Å². The summed E-state index contributed by atoms with van der Waals surface area (Å²) in [5, 5.41) is 1.16. The van der Waals surface area contributed by atoms with Crippen molar-refractivity contribution >= 4 is 16.9 Å². The fraction of sp³-hybridized carbons (Fsp3) is 0.318. The first-order valence-corrected chi connectivity index (χ1v) is 10.8. The van der Waals surface area contributed by atoms with E-state index in [2.05, 4.69) is 62.9 Å². The number of hydrogen-bond acceptors (Lipinski definition) is 5. The van der Waals surface area contributed by atoms with Crippen LogP contribution in [0.3, 0.4) is 0 Å². The van der Waals surface area contributed by atoms with Crippen LogP contribution in [0.15, 0.2) is 72.1 Å². The Hall–Kier alpha value is -2.60. The van der Waals surface area contributed by atoms with E-state index >= 15 is 0 Å². The van der Waals surface area contributed by atoms with Gasteiger partial charge in [0.05, 0.1) is 24.0 Å². The molecule has 0 spiro atoms. The van der Waals surface area contributed by atoms with Crippen LogP contribution in [0.1, 0.15) is 42.5 Å². The lowest BCUT2D eigenvalue weighted by molar-refractivity contribution is 0.246. The summed E-state index contributed by atoms with van der Waals surface area (Å²) >= 11 is 1.88. The van der Waals surface area contributed by atoms with Gasteiger partial charge in [0, 0.05) is 36.1 Å². The number of amidine groups is 1. The molecule has 2 aliphatic heterocycles. The SMILES string of the molecule is CC[C@@H]1CSC2=N[C@@H](c3ccccn3)[C@H](c3cccn3Cc3ccccn3)N21. The molecular weight excluding hydrogens is 366 g/mol. The molecule has 3 aromatic heterocycles. The van der Waals surface area contributed by atoms with Crippen molar-refractivity contribution in [3.05, 3.63) is 84.2 Å². The second-order valence-corrected chi connectivity index (χ2v) is 8.21. The topological polar surface area (TPSA) is 46.3 Å². The fourth-order valence-corrected chi connectivity index (χ4v) is 5.51. The first-order chi connectivity index (χ1) is 13.8. The Morgan fingerprint density at radius 3 is 2.64 bits per heavy atom. The van der Waals surface area contributed by atoms with Gasteiger partial charge in [0.2, 0.25) is 0 Å². The summed E-state index contributed by atoms with van der Waals surface area (Å²) in [4.78, 5) is 16.8. The molecule has 28 heavy (non-hydrogen) atoms. The Bertz CT molecular complexity index is 969. The minimum atomic E-state index is 0.0235. The smallest absolute Gasteiger partial charge is 0.160 e. The molecule has 142 valence electrons. The number of nitrogens with zero attached hydrogens (tertiary/aromatic N) is 5. The number of fused-ring (bicyclic) bond motifs is 1. The van der Waals surface area contributed by atoms with Crippen LogP contribution in [0.2, 0.25) is 0 Å². The molecule has 1 fully saturated rings. The molecule has 5 rings (SSSR count). The van der Waals surface area contributed by atoms with E-state index in [0.29, 0.717) is 6.04 Å². The van der Waals surface area contributed by atoms with Crippen LogP contribution in [0.25, 0.3) is 0 Å².